The third kappa shape index (κ3) is 3.76. The fourth-order valence-corrected chi connectivity index (χ4v) is 2.25. The number of nitrogens with one attached hydrogen (secondary N) is 1. The van der Waals surface area contributed by atoms with E-state index in [2.05, 4.69) is 19.2 Å². The Morgan fingerprint density at radius 3 is 2.75 bits per heavy atom. The number of nitrogens with two attached hydrogens (primary N) is 1. The third-order valence-electron chi connectivity index (χ3n) is 2.96. The number of hydrogen-bond donors (Lipinski definition) is 2. The smallest absolute Gasteiger partial charge is 0.249 e. The number of carbonyl (C=O) groups excluding carboxylic acids is 1. The molecule has 3 N–H and O–H groups in total. The predicted molar refractivity (Wildman–Crippen MR) is 64.0 cm³/mol. The van der Waals surface area contributed by atoms with Crippen molar-refractivity contribution in [3.63, 3.8) is 0 Å². The molecule has 1 fully saturated rings. The van der Waals surface area contributed by atoms with Gasteiger partial charge < -0.3 is 15.8 Å². The first-order valence-electron chi connectivity index (χ1n) is 6.10. The van der Waals surface area contributed by atoms with E-state index in [0.29, 0.717) is 19.1 Å². The maximum absolute atomic E-state index is 11.9. The lowest BCUT2D eigenvalue weighted by molar-refractivity contribution is -0.132. The first-order valence-corrected chi connectivity index (χ1v) is 6.10. The molecule has 16 heavy (non-hydrogen) atoms. The molecule has 0 aromatic carbocycles. The largest absolute Gasteiger partial charge is 0.368 e. The molecule has 94 valence electrons. The summed E-state index contributed by atoms with van der Waals surface area (Å²) in [6.45, 7) is 7.42. The van der Waals surface area contributed by atoms with Gasteiger partial charge in [0.25, 0.3) is 0 Å². The van der Waals surface area contributed by atoms with Gasteiger partial charge in [0, 0.05) is 18.7 Å². The standard InChI is InChI=1S/C12H24N2O2/c1-9(2)7-12(3,8-13)14-11(15)10-5-4-6-16-10/h9-10H,4-8,13H2,1-3H3,(H,14,15)/t10-,12?/m0/s1. The molecule has 0 aliphatic carbocycles. The summed E-state index contributed by atoms with van der Waals surface area (Å²) >= 11 is 0. The zero-order valence-corrected chi connectivity index (χ0v) is 10.6. The van der Waals surface area contributed by atoms with E-state index < -0.39 is 0 Å². The Hall–Kier alpha value is -0.610. The number of hydrogen-bond acceptors (Lipinski definition) is 3. The number of rotatable bonds is 5. The molecular formula is C12H24N2O2. The van der Waals surface area contributed by atoms with Crippen LogP contribution in [-0.2, 0) is 9.53 Å². The van der Waals surface area contributed by atoms with Crippen molar-refractivity contribution in [3.8, 4) is 0 Å². The van der Waals surface area contributed by atoms with E-state index in [1.165, 1.54) is 0 Å². The molecule has 1 aliphatic rings. The molecule has 0 bridgehead atoms. The van der Waals surface area contributed by atoms with Gasteiger partial charge in [0.2, 0.25) is 5.91 Å². The van der Waals surface area contributed by atoms with Gasteiger partial charge in [-0.1, -0.05) is 13.8 Å². The molecule has 0 saturated carbocycles. The summed E-state index contributed by atoms with van der Waals surface area (Å²) in [7, 11) is 0. The van der Waals surface area contributed by atoms with Gasteiger partial charge in [-0.25, -0.2) is 0 Å². The second-order valence-corrected chi connectivity index (χ2v) is 5.35. The van der Waals surface area contributed by atoms with Crippen LogP contribution >= 0.6 is 0 Å². The first kappa shape index (κ1) is 13.5. The van der Waals surface area contributed by atoms with Crippen molar-refractivity contribution < 1.29 is 9.53 Å². The molecule has 1 aliphatic heterocycles. The summed E-state index contributed by atoms with van der Waals surface area (Å²) in [5.41, 5.74) is 5.44. The van der Waals surface area contributed by atoms with Crippen LogP contribution in [0, 0.1) is 5.92 Å². The zero-order chi connectivity index (χ0) is 12.2. The van der Waals surface area contributed by atoms with Crippen molar-refractivity contribution in [2.75, 3.05) is 13.2 Å². The lowest BCUT2D eigenvalue weighted by atomic mass is 9.90. The molecule has 2 atom stereocenters. The summed E-state index contributed by atoms with van der Waals surface area (Å²) in [5.74, 6) is 0.504. The normalized spacial score (nSPS) is 24.4. The van der Waals surface area contributed by atoms with Crippen molar-refractivity contribution >= 4 is 5.91 Å². The summed E-state index contributed by atoms with van der Waals surface area (Å²) in [4.78, 5) is 11.9. The Kier molecular flexibility index (Phi) is 4.74. The van der Waals surface area contributed by atoms with Crippen LogP contribution in [0.1, 0.15) is 40.0 Å². The first-order chi connectivity index (χ1) is 7.47. The fraction of sp³-hybridized carbons (Fsp3) is 0.917. The maximum Gasteiger partial charge on any atom is 0.249 e. The van der Waals surface area contributed by atoms with Gasteiger partial charge in [0.1, 0.15) is 6.10 Å². The lowest BCUT2D eigenvalue weighted by Gasteiger charge is -2.32. The van der Waals surface area contributed by atoms with E-state index >= 15 is 0 Å². The van der Waals surface area contributed by atoms with Crippen molar-refractivity contribution in [2.45, 2.75) is 51.7 Å². The van der Waals surface area contributed by atoms with Crippen LogP contribution in [0.2, 0.25) is 0 Å². The summed E-state index contributed by atoms with van der Waals surface area (Å²) in [6, 6.07) is 0. The van der Waals surface area contributed by atoms with Gasteiger partial charge in [0.05, 0.1) is 0 Å². The Labute approximate surface area is 97.9 Å². The van der Waals surface area contributed by atoms with Crippen LogP contribution in [0.15, 0.2) is 0 Å². The van der Waals surface area contributed by atoms with Crippen molar-refractivity contribution in [1.82, 2.24) is 5.32 Å². The highest BCUT2D eigenvalue weighted by Crippen LogP contribution is 2.18. The molecule has 1 rings (SSSR count). The lowest BCUT2D eigenvalue weighted by Crippen LogP contribution is -2.54. The van der Waals surface area contributed by atoms with Crippen LogP contribution in [0.4, 0.5) is 0 Å². The molecule has 0 spiro atoms. The molecule has 1 unspecified atom stereocenters. The molecule has 4 nitrogen and oxygen atoms in total. The molecular weight excluding hydrogens is 204 g/mol. The Morgan fingerprint density at radius 2 is 2.31 bits per heavy atom. The summed E-state index contributed by atoms with van der Waals surface area (Å²) in [6.07, 6.45) is 2.43. The highest BCUT2D eigenvalue weighted by Gasteiger charge is 2.31. The number of carbonyl (C=O) groups is 1. The predicted octanol–water partition coefficient (Wildman–Crippen LogP) is 1.05. The Balaban J connectivity index is 2.50. The van der Waals surface area contributed by atoms with Crippen LogP contribution < -0.4 is 11.1 Å². The molecule has 0 aromatic rings. The molecule has 1 amide bonds. The van der Waals surface area contributed by atoms with E-state index in [1.807, 2.05) is 6.92 Å². The molecule has 0 aromatic heterocycles. The summed E-state index contributed by atoms with van der Waals surface area (Å²) in [5, 5.41) is 3.03. The van der Waals surface area contributed by atoms with Gasteiger partial charge in [-0.05, 0) is 32.1 Å². The van der Waals surface area contributed by atoms with E-state index in [1.54, 1.807) is 0 Å². The van der Waals surface area contributed by atoms with E-state index in [9.17, 15) is 4.79 Å². The molecule has 1 saturated heterocycles. The van der Waals surface area contributed by atoms with E-state index in [4.69, 9.17) is 10.5 Å². The monoisotopic (exact) mass is 228 g/mol. The Morgan fingerprint density at radius 1 is 1.62 bits per heavy atom. The van der Waals surface area contributed by atoms with Gasteiger partial charge >= 0.3 is 0 Å². The van der Waals surface area contributed by atoms with Crippen LogP contribution in [0.25, 0.3) is 0 Å². The second kappa shape index (κ2) is 5.64. The van der Waals surface area contributed by atoms with Crippen LogP contribution in [0.3, 0.4) is 0 Å². The van der Waals surface area contributed by atoms with Crippen LogP contribution in [0.5, 0.6) is 0 Å². The second-order valence-electron chi connectivity index (χ2n) is 5.35. The minimum absolute atomic E-state index is 0.00824. The van der Waals surface area contributed by atoms with Crippen molar-refractivity contribution in [1.29, 1.82) is 0 Å². The quantitative estimate of drug-likeness (QED) is 0.739. The maximum atomic E-state index is 11.9. The summed E-state index contributed by atoms with van der Waals surface area (Å²) < 4.78 is 5.36. The average Bonchev–Trinajstić information content (AvgIpc) is 2.69. The number of ether oxygens (including phenoxy) is 1. The van der Waals surface area contributed by atoms with Crippen molar-refractivity contribution in [3.05, 3.63) is 0 Å². The Bertz CT molecular complexity index is 237. The molecule has 0 radical (unpaired) electrons. The minimum Gasteiger partial charge on any atom is -0.368 e. The van der Waals surface area contributed by atoms with Gasteiger partial charge in [-0.15, -0.1) is 0 Å². The number of amides is 1. The third-order valence-corrected chi connectivity index (χ3v) is 2.96. The minimum atomic E-state index is -0.308. The molecule has 4 heteroatoms. The van der Waals surface area contributed by atoms with Gasteiger partial charge in [-0.3, -0.25) is 4.79 Å². The highest BCUT2D eigenvalue weighted by atomic mass is 16.5. The van der Waals surface area contributed by atoms with Gasteiger partial charge in [-0.2, -0.15) is 0 Å². The van der Waals surface area contributed by atoms with Crippen LogP contribution in [-0.4, -0.2) is 30.7 Å². The van der Waals surface area contributed by atoms with E-state index in [0.717, 1.165) is 19.3 Å². The topological polar surface area (TPSA) is 64.3 Å². The highest BCUT2D eigenvalue weighted by molar-refractivity contribution is 5.81. The molecule has 1 heterocycles. The van der Waals surface area contributed by atoms with Crippen molar-refractivity contribution in [2.24, 2.45) is 11.7 Å². The van der Waals surface area contributed by atoms with E-state index in [-0.39, 0.29) is 17.6 Å². The SMILES string of the molecule is CC(C)CC(C)(CN)NC(=O)[C@@H]1CCCO1. The van der Waals surface area contributed by atoms with Gasteiger partial charge in [0.15, 0.2) is 0 Å². The fourth-order valence-electron chi connectivity index (χ4n) is 2.25. The zero-order valence-electron chi connectivity index (χ0n) is 10.6. The average molecular weight is 228 g/mol.